The summed E-state index contributed by atoms with van der Waals surface area (Å²) in [4.78, 5) is 4.63. The second-order valence-corrected chi connectivity index (χ2v) is 9.46. The van der Waals surface area contributed by atoms with E-state index in [2.05, 4.69) is 41.3 Å². The third-order valence-corrected chi connectivity index (χ3v) is 4.71. The molecule has 7 nitrogen and oxygen atoms in total. The average Bonchev–Trinajstić information content (AvgIpc) is 3.07. The molecule has 1 aromatic heterocycles. The molecule has 0 fully saturated rings. The Kier molecular flexibility index (Phi) is 31.3. The molecule has 0 atom stereocenters. The standard InChI is InChI=1S/C14H12N2S.C6H8N2.4Na.H2O3S2.2H2S/c1-9-2-7-12-13(8-9)17-14(16-12)10-3-5-11(15)6-4-10;7-5-1-2-6(8)4-3-5;;;;;1-5(2,3)4;;/h2-8H,15H2,1H3;1-4H,7-8H2;;;;;(H2,1,2,3,4);2*1H2. The minimum absolute atomic E-state index is 0. The van der Waals surface area contributed by atoms with Crippen LogP contribution >= 0.6 is 38.3 Å². The normalized spacial score (nSPS) is 8.75. The summed E-state index contributed by atoms with van der Waals surface area (Å²) in [5.74, 6) is 0. The van der Waals surface area contributed by atoms with E-state index in [1.807, 2.05) is 24.3 Å². The molecule has 0 amide bonds. The van der Waals surface area contributed by atoms with Crippen molar-refractivity contribution in [3.63, 3.8) is 0 Å². The van der Waals surface area contributed by atoms with Gasteiger partial charge in [-0.25, -0.2) is 4.98 Å². The van der Waals surface area contributed by atoms with Crippen molar-refractivity contribution in [2.45, 2.75) is 6.92 Å². The number of hydrogen-bond donors (Lipinski definition) is 5. The van der Waals surface area contributed by atoms with E-state index in [9.17, 15) is 0 Å². The minimum Gasteiger partial charge on any atom is -0.399 e. The van der Waals surface area contributed by atoms with E-state index in [0.29, 0.717) is 0 Å². The van der Waals surface area contributed by atoms with Gasteiger partial charge in [0.15, 0.2) is 0 Å². The Bertz CT molecular complexity index is 1200. The summed E-state index contributed by atoms with van der Waals surface area (Å²) in [6.07, 6.45) is 0. The molecular formula is C20H26N4Na4O3S5. The van der Waals surface area contributed by atoms with E-state index in [0.717, 1.165) is 33.1 Å². The molecular weight excluding hydrogens is 597 g/mol. The van der Waals surface area contributed by atoms with E-state index in [1.54, 1.807) is 35.6 Å². The molecule has 0 aliphatic rings. The van der Waals surface area contributed by atoms with Crippen LogP contribution in [0.15, 0.2) is 66.7 Å². The molecule has 1 heterocycles. The summed E-state index contributed by atoms with van der Waals surface area (Å²) in [6.45, 7) is 2.10. The largest absolute Gasteiger partial charge is 0.399 e. The first kappa shape index (κ1) is 47.7. The number of rotatable bonds is 1. The van der Waals surface area contributed by atoms with Gasteiger partial charge in [-0.2, -0.15) is 31.2 Å². The molecule has 36 heavy (non-hydrogen) atoms. The van der Waals surface area contributed by atoms with Gasteiger partial charge < -0.3 is 17.2 Å². The first-order chi connectivity index (χ1) is 14.0. The van der Waals surface area contributed by atoms with Crippen molar-refractivity contribution in [3.8, 4) is 10.6 Å². The summed E-state index contributed by atoms with van der Waals surface area (Å²) < 4.78 is 25.2. The Labute approximate surface area is 323 Å². The van der Waals surface area contributed by atoms with Crippen molar-refractivity contribution in [2.24, 2.45) is 0 Å². The number of benzene rings is 3. The third-order valence-electron chi connectivity index (χ3n) is 3.64. The van der Waals surface area contributed by atoms with E-state index >= 15 is 0 Å². The van der Waals surface area contributed by atoms with Crippen LogP contribution in [0.25, 0.3) is 20.8 Å². The maximum atomic E-state index is 9.11. The van der Waals surface area contributed by atoms with Crippen LogP contribution in [0, 0.1) is 6.92 Å². The Balaban J connectivity index is -0.000000146. The van der Waals surface area contributed by atoms with Crippen LogP contribution in [0.1, 0.15) is 5.56 Å². The first-order valence-electron chi connectivity index (χ1n) is 8.55. The molecule has 0 aliphatic heterocycles. The zero-order chi connectivity index (χ0) is 22.3. The molecule has 4 aromatic rings. The van der Waals surface area contributed by atoms with Gasteiger partial charge in [-0.15, -0.1) is 11.3 Å². The molecule has 178 valence electrons. The Morgan fingerprint density at radius 2 is 1.14 bits per heavy atom. The maximum Gasteiger partial charge on any atom is 0.263 e. The van der Waals surface area contributed by atoms with Gasteiger partial charge in [-0.05, 0) is 73.2 Å². The Hall–Kier alpha value is 1.94. The molecule has 0 bridgehead atoms. The summed E-state index contributed by atoms with van der Waals surface area (Å²) >= 11 is 5.18. The number of anilines is 3. The van der Waals surface area contributed by atoms with Crippen molar-refractivity contribution < 1.29 is 13.3 Å². The predicted molar refractivity (Wildman–Crippen MR) is 174 cm³/mol. The van der Waals surface area contributed by atoms with Crippen molar-refractivity contribution in [3.05, 3.63) is 72.3 Å². The molecule has 0 aliphatic carbocycles. The second kappa shape index (κ2) is 23.6. The number of nitrogens with zero attached hydrogens (tertiary/aromatic N) is 1. The van der Waals surface area contributed by atoms with Crippen LogP contribution < -0.4 is 17.2 Å². The molecule has 0 saturated carbocycles. The van der Waals surface area contributed by atoms with Gasteiger partial charge in [0.05, 0.1) is 10.2 Å². The molecule has 4 radical (unpaired) electrons. The molecule has 3 aromatic carbocycles. The summed E-state index contributed by atoms with van der Waals surface area (Å²) in [5.41, 5.74) is 22.2. The number of aryl methyl sites for hydroxylation is 1. The first-order valence-corrected chi connectivity index (χ1v) is 11.8. The zero-order valence-corrected chi connectivity index (χ0v) is 33.5. The number of nitrogens with two attached hydrogens (primary N) is 3. The number of aromatic nitrogens is 1. The fraction of sp³-hybridized carbons (Fsp3) is 0.0500. The third kappa shape index (κ3) is 19.9. The van der Waals surface area contributed by atoms with Gasteiger partial charge in [-0.1, -0.05) is 6.07 Å². The van der Waals surface area contributed by atoms with E-state index < -0.39 is 9.05 Å². The topological polar surface area (TPSA) is 148 Å². The van der Waals surface area contributed by atoms with Crippen molar-refractivity contribution >= 4 is 204 Å². The monoisotopic (exact) mass is 622 g/mol. The van der Waals surface area contributed by atoms with Gasteiger partial charge in [0, 0.05) is 152 Å². The molecule has 4 rings (SSSR count). The fourth-order valence-corrected chi connectivity index (χ4v) is 3.35. The summed E-state index contributed by atoms with van der Waals surface area (Å²) in [6, 6.07) is 21.3. The number of fused-ring (bicyclic) bond motifs is 1. The van der Waals surface area contributed by atoms with Gasteiger partial charge >= 0.3 is 0 Å². The number of hydrogen-bond acceptors (Lipinski definition) is 7. The Morgan fingerprint density at radius 3 is 1.53 bits per heavy atom. The molecule has 0 spiro atoms. The SMILES string of the molecule is Cc1ccc2nc(-c3ccc(N)cc3)sc2c1.Nc1ccc(N)cc1.O=S(O)(O)=S.S.S.[Na].[Na].[Na].[Na]. The Morgan fingerprint density at radius 1 is 0.778 bits per heavy atom. The molecule has 0 saturated heterocycles. The summed E-state index contributed by atoms with van der Waals surface area (Å²) in [7, 11) is -3.83. The van der Waals surface area contributed by atoms with Gasteiger partial charge in [0.25, 0.3) is 9.05 Å². The second-order valence-electron chi connectivity index (χ2n) is 6.23. The van der Waals surface area contributed by atoms with Crippen LogP contribution in [0.4, 0.5) is 17.1 Å². The van der Waals surface area contributed by atoms with Crippen LogP contribution in [0.5, 0.6) is 0 Å². The number of nitrogen functional groups attached to an aromatic ring is 3. The van der Waals surface area contributed by atoms with Crippen molar-refractivity contribution in [1.29, 1.82) is 0 Å². The molecule has 16 heteroatoms. The van der Waals surface area contributed by atoms with Crippen LogP contribution in [0.2, 0.25) is 0 Å². The fourth-order valence-electron chi connectivity index (χ4n) is 2.28. The molecule has 0 unspecified atom stereocenters. The predicted octanol–water partition coefficient (Wildman–Crippen LogP) is 3.09. The van der Waals surface area contributed by atoms with Gasteiger partial charge in [0.1, 0.15) is 5.01 Å². The molecule has 8 N–H and O–H groups in total. The van der Waals surface area contributed by atoms with Crippen LogP contribution in [0.3, 0.4) is 0 Å². The van der Waals surface area contributed by atoms with E-state index in [1.165, 1.54) is 10.3 Å². The van der Waals surface area contributed by atoms with Gasteiger partial charge in [-0.3, -0.25) is 9.11 Å². The van der Waals surface area contributed by atoms with Crippen molar-refractivity contribution in [2.75, 3.05) is 17.2 Å². The summed E-state index contributed by atoms with van der Waals surface area (Å²) in [5, 5.41) is 1.05. The number of thiazole rings is 1. The smallest absolute Gasteiger partial charge is 0.263 e. The quantitative estimate of drug-likeness (QED) is 0.161. The van der Waals surface area contributed by atoms with Crippen LogP contribution in [-0.4, -0.2) is 137 Å². The minimum atomic E-state index is -3.83. The van der Waals surface area contributed by atoms with E-state index in [4.69, 9.17) is 30.5 Å². The van der Waals surface area contributed by atoms with E-state index in [-0.39, 0.29) is 145 Å². The van der Waals surface area contributed by atoms with Crippen LogP contribution in [-0.2, 0) is 20.2 Å². The zero-order valence-electron chi connectivity index (χ0n) is 21.1. The maximum absolute atomic E-state index is 9.11. The van der Waals surface area contributed by atoms with Crippen molar-refractivity contribution in [1.82, 2.24) is 4.98 Å². The van der Waals surface area contributed by atoms with Gasteiger partial charge in [0.2, 0.25) is 0 Å². The average molecular weight is 623 g/mol.